The van der Waals surface area contributed by atoms with Gasteiger partial charge in [-0.2, -0.15) is 8.88 Å². The summed E-state index contributed by atoms with van der Waals surface area (Å²) >= 11 is 0. The second-order valence-electron chi connectivity index (χ2n) is 15.0. The summed E-state index contributed by atoms with van der Waals surface area (Å²) in [5.74, 6) is -2.40. The van der Waals surface area contributed by atoms with Crippen molar-refractivity contribution in [2.45, 2.75) is 40.4 Å². The number of carbonyl (C=O) groups excluding carboxylic acids is 3. The third kappa shape index (κ3) is 8.90. The summed E-state index contributed by atoms with van der Waals surface area (Å²) < 4.78 is 108. The van der Waals surface area contributed by atoms with Gasteiger partial charge in [0.2, 0.25) is 21.1 Å². The Bertz CT molecular complexity index is 3220. The van der Waals surface area contributed by atoms with E-state index in [0.29, 0.717) is 60.9 Å². The Morgan fingerprint density at radius 3 is 1.95 bits per heavy atom. The first-order valence-corrected chi connectivity index (χ1v) is 23.7. The van der Waals surface area contributed by atoms with Crippen molar-refractivity contribution in [3.63, 3.8) is 0 Å². The molecule has 0 atom stereocenters. The van der Waals surface area contributed by atoms with E-state index in [9.17, 15) is 48.7 Å². The van der Waals surface area contributed by atoms with Crippen LogP contribution in [0.25, 0.3) is 33.4 Å². The number of benzene rings is 5. The topological polar surface area (TPSA) is 235 Å². The molecule has 4 aromatic carbocycles. The molecule has 21 heteroatoms. The molecule has 1 aliphatic carbocycles. The Morgan fingerprint density at radius 1 is 0.766 bits per heavy atom. The van der Waals surface area contributed by atoms with E-state index < -0.39 is 54.0 Å². The number of imide groups is 1. The molecule has 0 aromatic heterocycles. The Morgan fingerprint density at radius 2 is 1.34 bits per heavy atom. The second-order valence-corrected chi connectivity index (χ2v) is 19.7. The normalized spacial score (nSPS) is 15.9. The molecule has 0 saturated carbocycles. The lowest BCUT2D eigenvalue weighted by molar-refractivity contribution is -0.201. The van der Waals surface area contributed by atoms with Gasteiger partial charge in [-0.15, -0.1) is 5.06 Å². The van der Waals surface area contributed by atoms with Crippen LogP contribution in [0.3, 0.4) is 0 Å². The molecule has 3 aliphatic heterocycles. The van der Waals surface area contributed by atoms with Gasteiger partial charge in [-0.05, 0) is 73.5 Å². The zero-order valence-corrected chi connectivity index (χ0v) is 37.1. The molecule has 4 aromatic rings. The number of fused-ring (bicyclic) bond motifs is 2. The van der Waals surface area contributed by atoms with E-state index in [1.165, 1.54) is 58.9 Å². The molecule has 64 heavy (non-hydrogen) atoms. The van der Waals surface area contributed by atoms with Crippen molar-refractivity contribution in [3.8, 4) is 22.5 Å². The fraction of sp³-hybridized carbons (Fsp3) is 0.209. The SMILES string of the molecule is CN(c1ccc(S(=O)(=O)[O-])cc1)c1ccc2c(-c3ccccc3S(=O)(=O)N3CCC(C(=O)ON4C(=O)CCC4=O)CC3)c3ccc(=[N+](C)c4ccc(S(=O)(=O)[O-])cc4)cc-3oc2c1.[Cl-].[H+].[H+]. The highest BCUT2D eigenvalue weighted by atomic mass is 35.5. The molecule has 2 amide bonds. The van der Waals surface area contributed by atoms with E-state index in [1.54, 1.807) is 78.2 Å². The van der Waals surface area contributed by atoms with Crippen LogP contribution in [0.15, 0.2) is 128 Å². The fourth-order valence-electron chi connectivity index (χ4n) is 7.74. The van der Waals surface area contributed by atoms with Gasteiger partial charge in [-0.25, -0.2) is 30.0 Å². The third-order valence-electron chi connectivity index (χ3n) is 11.2. The van der Waals surface area contributed by atoms with Gasteiger partial charge in [0.1, 0.15) is 38.6 Å². The number of hydrogen-bond acceptors (Lipinski definition) is 14. The minimum absolute atomic E-state index is 0. The van der Waals surface area contributed by atoms with Gasteiger partial charge >= 0.3 is 8.82 Å². The van der Waals surface area contributed by atoms with Crippen molar-refractivity contribution in [1.29, 1.82) is 0 Å². The maximum atomic E-state index is 14.6. The molecule has 4 aliphatic rings. The molecule has 0 spiro atoms. The van der Waals surface area contributed by atoms with Crippen LogP contribution in [0.4, 0.5) is 17.1 Å². The predicted octanol–water partition coefficient (Wildman–Crippen LogP) is 1.75. The van der Waals surface area contributed by atoms with E-state index >= 15 is 0 Å². The van der Waals surface area contributed by atoms with Crippen LogP contribution < -0.4 is 27.2 Å². The van der Waals surface area contributed by atoms with Gasteiger partial charge in [-0.1, -0.05) is 18.2 Å². The highest BCUT2D eigenvalue weighted by Crippen LogP contribution is 2.44. The summed E-state index contributed by atoms with van der Waals surface area (Å²) in [6.07, 6.45) is 0.0673. The first-order chi connectivity index (χ1) is 29.8. The number of hydrogen-bond donors (Lipinski definition) is 0. The minimum atomic E-state index is -4.67. The van der Waals surface area contributed by atoms with Gasteiger partial charge in [0.25, 0.3) is 11.8 Å². The molecule has 17 nitrogen and oxygen atoms in total. The molecule has 8 rings (SSSR count). The Balaban J connectivity index is 0.00000272. The minimum Gasteiger partial charge on any atom is -1.00 e. The van der Waals surface area contributed by atoms with Gasteiger partial charge < -0.3 is 35.7 Å². The lowest BCUT2D eigenvalue weighted by Gasteiger charge is -2.31. The summed E-state index contributed by atoms with van der Waals surface area (Å²) in [7, 11) is -10.1. The molecule has 0 unspecified atom stereocenters. The van der Waals surface area contributed by atoms with E-state index in [0.717, 1.165) is 0 Å². The molecule has 2 fully saturated rings. The Kier molecular flexibility index (Phi) is 12.6. The van der Waals surface area contributed by atoms with Gasteiger partial charge in [-0.3, -0.25) is 9.59 Å². The van der Waals surface area contributed by atoms with Crippen LogP contribution in [-0.4, -0.2) is 88.7 Å². The molecule has 0 radical (unpaired) electrons. The quantitative estimate of drug-likeness (QED) is 0.0824. The smallest absolute Gasteiger partial charge is 1.00 e. The number of hydroxylamine groups is 2. The monoisotopic (exact) mass is 950 g/mol. The number of carbonyl (C=O) groups is 3. The molecule has 0 bridgehead atoms. The molecule has 2 saturated heterocycles. The summed E-state index contributed by atoms with van der Waals surface area (Å²) in [6.45, 7) is -0.0857. The molecular formula is C43H39ClN4O13S3. The van der Waals surface area contributed by atoms with Gasteiger partial charge in [0.05, 0.1) is 26.7 Å². The van der Waals surface area contributed by atoms with Crippen LogP contribution in [-0.2, 0) is 49.5 Å². The van der Waals surface area contributed by atoms with Crippen molar-refractivity contribution in [1.82, 2.24) is 13.9 Å². The number of rotatable bonds is 10. The van der Waals surface area contributed by atoms with E-state index in [4.69, 9.17) is 9.25 Å². The second kappa shape index (κ2) is 17.5. The van der Waals surface area contributed by atoms with Gasteiger partial charge in [0.15, 0.2) is 0 Å². The Labute approximate surface area is 377 Å². The maximum absolute atomic E-state index is 14.6. The fourth-order valence-corrected chi connectivity index (χ4v) is 10.3. The van der Waals surface area contributed by atoms with E-state index in [1.807, 2.05) is 0 Å². The van der Waals surface area contributed by atoms with Crippen LogP contribution in [0.5, 0.6) is 0 Å². The van der Waals surface area contributed by atoms with Crippen molar-refractivity contribution in [2.24, 2.45) is 5.92 Å². The van der Waals surface area contributed by atoms with E-state index in [2.05, 4.69) is 0 Å². The van der Waals surface area contributed by atoms with Crippen LogP contribution in [0, 0.1) is 5.92 Å². The van der Waals surface area contributed by atoms with Crippen LogP contribution in [0.2, 0.25) is 0 Å². The first-order valence-electron chi connectivity index (χ1n) is 19.4. The van der Waals surface area contributed by atoms with Crippen LogP contribution in [0.1, 0.15) is 28.5 Å². The first kappa shape index (κ1) is 46.0. The lowest BCUT2D eigenvalue weighted by atomic mass is 9.93. The van der Waals surface area contributed by atoms with Crippen molar-refractivity contribution < 1.29 is 73.3 Å². The van der Waals surface area contributed by atoms with Crippen molar-refractivity contribution in [2.75, 3.05) is 32.1 Å². The maximum Gasteiger partial charge on any atom is 1.00 e. The number of anilines is 2. The molecular weight excluding hydrogens is 912 g/mol. The summed E-state index contributed by atoms with van der Waals surface area (Å²) in [4.78, 5) is 43.1. The highest BCUT2D eigenvalue weighted by molar-refractivity contribution is 7.89. The lowest BCUT2D eigenvalue weighted by Crippen LogP contribution is -3.00. The van der Waals surface area contributed by atoms with Crippen molar-refractivity contribution >= 4 is 76.1 Å². The highest BCUT2D eigenvalue weighted by Gasteiger charge is 2.38. The average Bonchev–Trinajstić information content (AvgIpc) is 3.59. The average molecular weight is 951 g/mol. The summed E-state index contributed by atoms with van der Waals surface area (Å²) in [5, 5.41) is 1.61. The van der Waals surface area contributed by atoms with Gasteiger partial charge in [0, 0.05) is 90.7 Å². The summed E-state index contributed by atoms with van der Waals surface area (Å²) in [5.41, 5.74) is 3.44. The molecule has 334 valence electrons. The number of nitrogens with zero attached hydrogens (tertiary/aromatic N) is 4. The number of amides is 2. The standard InChI is InChI=1S/C43H38N4O13S3.ClH/c1-44(28-7-13-32(14-8-28)62(53,54)55)30-11-17-34-37(25-30)59-38-26-31(45(2)29-9-15-33(16-10-29)63(56,57)58)12-18-35(38)42(34)36-5-3-4-6-39(36)61(51,52)46-23-21-27(22-24-46)43(50)60-47-40(48)19-20-41(47)49;/h3-18,25-27H,19-24H2,1-2H3,(H-,53,54,55,56,57,58);1H. The largest absolute Gasteiger partial charge is 1.00 e. The molecule has 0 N–H and O–H groups in total. The number of sulfonamides is 1. The Hall–Kier alpha value is -6.00. The van der Waals surface area contributed by atoms with Crippen LogP contribution >= 0.6 is 0 Å². The third-order valence-corrected chi connectivity index (χ3v) is 14.9. The number of piperidine rings is 1. The number of halogens is 1. The summed E-state index contributed by atoms with van der Waals surface area (Å²) in [6, 6.07) is 27.9. The zero-order valence-electron chi connectivity index (χ0n) is 35.9. The zero-order chi connectivity index (χ0) is 45.0. The van der Waals surface area contributed by atoms with Crippen molar-refractivity contribution in [3.05, 3.63) is 115 Å². The predicted molar refractivity (Wildman–Crippen MR) is 227 cm³/mol. The molecule has 3 heterocycles. The van der Waals surface area contributed by atoms with E-state index in [-0.39, 0.29) is 68.7 Å².